The Morgan fingerprint density at radius 3 is 2.50 bits per heavy atom. The standard InChI is InChI=1S/C20H19ClF3N5O/c21-16-9-13(26-19-27-18(25)28-29-19)8-15(20(22,23)24)17(16)12-4-6-14(7-5-12)30-10-11-2-1-3-11/h4-9,11H,1-3,10H2,(H4,25,26,27,28,29). The molecule has 0 aliphatic heterocycles. The van der Waals surface area contributed by atoms with Crippen LogP contribution in [0.3, 0.4) is 0 Å². The maximum Gasteiger partial charge on any atom is 0.417 e. The number of nitrogen functional groups attached to an aromatic ring is 1. The molecule has 0 spiro atoms. The molecule has 2 aromatic carbocycles. The number of ether oxygens (including phenoxy) is 1. The van der Waals surface area contributed by atoms with Crippen molar-refractivity contribution in [1.29, 1.82) is 0 Å². The highest BCUT2D eigenvalue weighted by molar-refractivity contribution is 6.34. The number of alkyl halides is 3. The molecule has 1 heterocycles. The molecule has 0 saturated heterocycles. The summed E-state index contributed by atoms with van der Waals surface area (Å²) in [6.45, 7) is 0.625. The first-order valence-electron chi connectivity index (χ1n) is 9.38. The molecular formula is C20H19ClF3N5O. The van der Waals surface area contributed by atoms with E-state index in [1.807, 2.05) is 0 Å². The first-order chi connectivity index (χ1) is 14.3. The van der Waals surface area contributed by atoms with E-state index in [4.69, 9.17) is 22.1 Å². The van der Waals surface area contributed by atoms with Gasteiger partial charge >= 0.3 is 6.18 Å². The van der Waals surface area contributed by atoms with Gasteiger partial charge in [-0.25, -0.2) is 5.10 Å². The third-order valence-corrected chi connectivity index (χ3v) is 5.31. The lowest BCUT2D eigenvalue weighted by atomic mass is 9.86. The molecule has 30 heavy (non-hydrogen) atoms. The van der Waals surface area contributed by atoms with Gasteiger partial charge in [-0.2, -0.15) is 18.2 Å². The highest BCUT2D eigenvalue weighted by Crippen LogP contribution is 2.43. The Bertz CT molecular complexity index is 1030. The number of rotatable bonds is 6. The third kappa shape index (κ3) is 4.46. The second-order valence-corrected chi connectivity index (χ2v) is 7.59. The van der Waals surface area contributed by atoms with Gasteiger partial charge < -0.3 is 15.8 Å². The Kier molecular flexibility index (Phi) is 5.46. The molecule has 0 unspecified atom stereocenters. The average molecular weight is 438 g/mol. The summed E-state index contributed by atoms with van der Waals surface area (Å²) in [7, 11) is 0. The summed E-state index contributed by atoms with van der Waals surface area (Å²) in [6, 6.07) is 8.83. The van der Waals surface area contributed by atoms with Crippen LogP contribution in [-0.2, 0) is 6.18 Å². The summed E-state index contributed by atoms with van der Waals surface area (Å²) in [5, 5.41) is 8.76. The quantitative estimate of drug-likeness (QED) is 0.463. The Morgan fingerprint density at radius 1 is 1.20 bits per heavy atom. The zero-order valence-electron chi connectivity index (χ0n) is 15.8. The molecule has 4 rings (SSSR count). The molecule has 0 radical (unpaired) electrons. The van der Waals surface area contributed by atoms with E-state index in [1.165, 1.54) is 12.5 Å². The van der Waals surface area contributed by atoms with Crippen molar-refractivity contribution in [3.63, 3.8) is 0 Å². The minimum absolute atomic E-state index is 0.0379. The summed E-state index contributed by atoms with van der Waals surface area (Å²) in [4.78, 5) is 3.82. The van der Waals surface area contributed by atoms with Crippen molar-refractivity contribution in [1.82, 2.24) is 15.2 Å². The number of aromatic amines is 1. The van der Waals surface area contributed by atoms with Gasteiger partial charge in [0, 0.05) is 11.3 Å². The highest BCUT2D eigenvalue weighted by Gasteiger charge is 2.35. The number of anilines is 3. The van der Waals surface area contributed by atoms with Crippen LogP contribution in [0.5, 0.6) is 5.75 Å². The summed E-state index contributed by atoms with van der Waals surface area (Å²) in [5.74, 6) is 1.26. The molecule has 158 valence electrons. The minimum Gasteiger partial charge on any atom is -0.493 e. The highest BCUT2D eigenvalue weighted by atomic mass is 35.5. The Labute approximate surface area is 175 Å². The van der Waals surface area contributed by atoms with E-state index in [1.54, 1.807) is 24.3 Å². The second kappa shape index (κ2) is 8.06. The Morgan fingerprint density at radius 2 is 1.93 bits per heavy atom. The maximum absolute atomic E-state index is 13.8. The number of benzene rings is 2. The number of hydrogen-bond donors (Lipinski definition) is 3. The van der Waals surface area contributed by atoms with Crippen LogP contribution in [0.4, 0.5) is 30.8 Å². The van der Waals surface area contributed by atoms with E-state index in [0.717, 1.165) is 18.9 Å². The predicted octanol–water partition coefficient (Wildman–Crippen LogP) is 5.65. The number of nitrogens with two attached hydrogens (primary N) is 1. The topological polar surface area (TPSA) is 88.8 Å². The van der Waals surface area contributed by atoms with E-state index in [9.17, 15) is 13.2 Å². The molecule has 1 saturated carbocycles. The fourth-order valence-corrected chi connectivity index (χ4v) is 3.57. The van der Waals surface area contributed by atoms with Crippen LogP contribution in [0.25, 0.3) is 11.1 Å². The van der Waals surface area contributed by atoms with Gasteiger partial charge in [0.2, 0.25) is 11.9 Å². The summed E-state index contributed by atoms with van der Waals surface area (Å²) in [5.41, 5.74) is 4.90. The molecular weight excluding hydrogens is 419 g/mol. The zero-order chi connectivity index (χ0) is 21.3. The second-order valence-electron chi connectivity index (χ2n) is 7.18. The van der Waals surface area contributed by atoms with Crippen molar-refractivity contribution in [2.24, 2.45) is 5.92 Å². The number of nitrogens with zero attached hydrogens (tertiary/aromatic N) is 2. The Hall–Kier alpha value is -2.94. The van der Waals surface area contributed by atoms with Gasteiger partial charge in [0.25, 0.3) is 0 Å². The summed E-state index contributed by atoms with van der Waals surface area (Å²) < 4.78 is 47.1. The summed E-state index contributed by atoms with van der Waals surface area (Å²) in [6.07, 6.45) is -1.08. The smallest absolute Gasteiger partial charge is 0.417 e. The number of halogens is 4. The lowest BCUT2D eigenvalue weighted by Crippen LogP contribution is -2.19. The summed E-state index contributed by atoms with van der Waals surface area (Å²) >= 11 is 6.27. The number of nitrogens with one attached hydrogen (secondary N) is 2. The van der Waals surface area contributed by atoms with Gasteiger partial charge in [-0.15, -0.1) is 5.10 Å². The molecule has 6 nitrogen and oxygen atoms in total. The number of hydrogen-bond acceptors (Lipinski definition) is 5. The molecule has 4 N–H and O–H groups in total. The molecule has 0 bridgehead atoms. The van der Waals surface area contributed by atoms with Crippen LogP contribution in [0.1, 0.15) is 24.8 Å². The van der Waals surface area contributed by atoms with Crippen LogP contribution in [0.15, 0.2) is 36.4 Å². The monoisotopic (exact) mass is 437 g/mol. The van der Waals surface area contributed by atoms with Gasteiger partial charge in [-0.3, -0.25) is 0 Å². The molecule has 0 atom stereocenters. The van der Waals surface area contributed by atoms with Crippen LogP contribution >= 0.6 is 11.6 Å². The largest absolute Gasteiger partial charge is 0.493 e. The molecule has 10 heteroatoms. The molecule has 1 aliphatic carbocycles. The van der Waals surface area contributed by atoms with Gasteiger partial charge in [0.05, 0.1) is 17.2 Å². The first kappa shape index (κ1) is 20.3. The van der Waals surface area contributed by atoms with E-state index < -0.39 is 11.7 Å². The van der Waals surface area contributed by atoms with Crippen LogP contribution < -0.4 is 15.8 Å². The van der Waals surface area contributed by atoms with Gasteiger partial charge in [0.15, 0.2) is 0 Å². The molecule has 1 aliphatic rings. The predicted molar refractivity (Wildman–Crippen MR) is 109 cm³/mol. The molecule has 3 aromatic rings. The average Bonchev–Trinajstić information content (AvgIpc) is 3.05. The lowest BCUT2D eigenvalue weighted by Gasteiger charge is -2.25. The van der Waals surface area contributed by atoms with E-state index in [-0.39, 0.29) is 28.2 Å². The SMILES string of the molecule is Nc1nc(Nc2cc(Cl)c(-c3ccc(OCC4CCC4)cc3)c(C(F)(F)F)c2)n[nH]1. The maximum atomic E-state index is 13.8. The van der Waals surface area contributed by atoms with Crippen molar-refractivity contribution in [3.05, 3.63) is 47.0 Å². The van der Waals surface area contributed by atoms with Gasteiger partial charge in [0.1, 0.15) is 5.75 Å². The number of H-pyrrole nitrogens is 1. The fraction of sp³-hybridized carbons (Fsp3) is 0.300. The van der Waals surface area contributed by atoms with Crippen molar-refractivity contribution < 1.29 is 17.9 Å². The van der Waals surface area contributed by atoms with Crippen LogP contribution in [0, 0.1) is 5.92 Å². The van der Waals surface area contributed by atoms with Gasteiger partial charge in [-0.1, -0.05) is 30.2 Å². The van der Waals surface area contributed by atoms with E-state index in [2.05, 4.69) is 20.5 Å². The van der Waals surface area contributed by atoms with Gasteiger partial charge in [-0.05, 0) is 48.6 Å². The normalized spacial score (nSPS) is 14.4. The molecule has 1 fully saturated rings. The number of aromatic nitrogens is 3. The molecule has 0 amide bonds. The van der Waals surface area contributed by atoms with Crippen LogP contribution in [0.2, 0.25) is 5.02 Å². The zero-order valence-corrected chi connectivity index (χ0v) is 16.5. The van der Waals surface area contributed by atoms with E-state index in [0.29, 0.717) is 23.8 Å². The van der Waals surface area contributed by atoms with Crippen molar-refractivity contribution in [2.45, 2.75) is 25.4 Å². The lowest BCUT2D eigenvalue weighted by molar-refractivity contribution is -0.137. The fourth-order valence-electron chi connectivity index (χ4n) is 3.25. The third-order valence-electron chi connectivity index (χ3n) is 5.01. The van der Waals surface area contributed by atoms with Crippen molar-refractivity contribution in [3.8, 4) is 16.9 Å². The Balaban J connectivity index is 1.62. The minimum atomic E-state index is -4.62. The van der Waals surface area contributed by atoms with E-state index >= 15 is 0 Å². The molecule has 1 aromatic heterocycles. The van der Waals surface area contributed by atoms with Crippen molar-refractivity contribution >= 4 is 29.2 Å². The van der Waals surface area contributed by atoms with Crippen molar-refractivity contribution in [2.75, 3.05) is 17.7 Å². The first-order valence-corrected chi connectivity index (χ1v) is 9.76. The van der Waals surface area contributed by atoms with Crippen LogP contribution in [-0.4, -0.2) is 21.8 Å².